The van der Waals surface area contributed by atoms with Crippen molar-refractivity contribution < 1.29 is 4.74 Å². The highest BCUT2D eigenvalue weighted by Gasteiger charge is 2.14. The maximum Gasteiger partial charge on any atom is 0.317 e. The molecule has 1 aliphatic heterocycles. The third-order valence-electron chi connectivity index (χ3n) is 2.51. The highest BCUT2D eigenvalue weighted by molar-refractivity contribution is 6.29. The first-order valence-electron chi connectivity index (χ1n) is 5.16. The van der Waals surface area contributed by atoms with Gasteiger partial charge in [-0.05, 0) is 37.9 Å². The molecule has 1 aromatic heterocycles. The molecule has 0 saturated carbocycles. The van der Waals surface area contributed by atoms with Crippen molar-refractivity contribution in [3.63, 3.8) is 0 Å². The summed E-state index contributed by atoms with van der Waals surface area (Å²) in [6, 6.07) is 2.01. The van der Waals surface area contributed by atoms with Gasteiger partial charge >= 0.3 is 6.01 Å². The van der Waals surface area contributed by atoms with Crippen LogP contribution in [-0.4, -0.2) is 29.7 Å². The van der Waals surface area contributed by atoms with Gasteiger partial charge in [0.1, 0.15) is 5.15 Å². The fourth-order valence-electron chi connectivity index (χ4n) is 1.63. The molecule has 6 heteroatoms. The quantitative estimate of drug-likeness (QED) is 0.847. The summed E-state index contributed by atoms with van der Waals surface area (Å²) >= 11 is 5.73. The topological polar surface area (TPSA) is 47.0 Å². The molecule has 0 atom stereocenters. The molecule has 0 aromatic carbocycles. The molecule has 1 saturated heterocycles. The molecule has 0 unspecified atom stereocenters. The van der Waals surface area contributed by atoms with Gasteiger partial charge < -0.3 is 10.1 Å². The fourth-order valence-corrected chi connectivity index (χ4v) is 1.76. The molecule has 90 valence electrons. The molecule has 1 fully saturated rings. The standard InChI is InChI=1S/C10H14ClN3O.ClH/c11-9-3-6-13-10(14-9)15-7-8-1-4-12-5-2-8;/h3,6,8,12H,1-2,4-5,7H2;1H. The van der Waals surface area contributed by atoms with Crippen LogP contribution in [0.3, 0.4) is 0 Å². The Kier molecular flexibility index (Phi) is 5.80. The molecular weight excluding hydrogens is 249 g/mol. The van der Waals surface area contributed by atoms with E-state index in [1.165, 1.54) is 0 Å². The number of rotatable bonds is 3. The number of aromatic nitrogens is 2. The Morgan fingerprint density at radius 2 is 2.19 bits per heavy atom. The van der Waals surface area contributed by atoms with Gasteiger partial charge in [-0.25, -0.2) is 4.98 Å². The number of nitrogens with zero attached hydrogens (tertiary/aromatic N) is 2. The average molecular weight is 264 g/mol. The minimum Gasteiger partial charge on any atom is -0.463 e. The molecule has 2 heterocycles. The summed E-state index contributed by atoms with van der Waals surface area (Å²) in [4.78, 5) is 7.96. The van der Waals surface area contributed by atoms with Crippen molar-refractivity contribution in [1.29, 1.82) is 0 Å². The minimum atomic E-state index is 0. The Morgan fingerprint density at radius 3 is 2.88 bits per heavy atom. The second kappa shape index (κ2) is 6.89. The van der Waals surface area contributed by atoms with Crippen molar-refractivity contribution in [1.82, 2.24) is 15.3 Å². The van der Waals surface area contributed by atoms with E-state index in [9.17, 15) is 0 Å². The van der Waals surface area contributed by atoms with E-state index in [2.05, 4.69) is 15.3 Å². The van der Waals surface area contributed by atoms with Crippen LogP contribution in [0.25, 0.3) is 0 Å². The molecule has 0 bridgehead atoms. The van der Waals surface area contributed by atoms with Crippen molar-refractivity contribution >= 4 is 24.0 Å². The zero-order valence-corrected chi connectivity index (χ0v) is 10.4. The van der Waals surface area contributed by atoms with Crippen molar-refractivity contribution in [2.45, 2.75) is 12.8 Å². The Labute approximate surface area is 106 Å². The van der Waals surface area contributed by atoms with E-state index in [-0.39, 0.29) is 12.4 Å². The zero-order valence-electron chi connectivity index (χ0n) is 8.86. The van der Waals surface area contributed by atoms with Gasteiger partial charge in [-0.15, -0.1) is 12.4 Å². The van der Waals surface area contributed by atoms with Crippen LogP contribution in [0.15, 0.2) is 12.3 Å². The second-order valence-electron chi connectivity index (χ2n) is 3.67. The van der Waals surface area contributed by atoms with E-state index in [4.69, 9.17) is 16.3 Å². The van der Waals surface area contributed by atoms with Crippen LogP contribution < -0.4 is 10.1 Å². The summed E-state index contributed by atoms with van der Waals surface area (Å²) < 4.78 is 5.49. The number of halogens is 2. The SMILES string of the molecule is Cl.Clc1ccnc(OCC2CCNCC2)n1. The third-order valence-corrected chi connectivity index (χ3v) is 2.72. The summed E-state index contributed by atoms with van der Waals surface area (Å²) in [5, 5.41) is 3.74. The van der Waals surface area contributed by atoms with Crippen LogP contribution in [0.5, 0.6) is 6.01 Å². The molecule has 16 heavy (non-hydrogen) atoms. The maximum atomic E-state index is 5.73. The van der Waals surface area contributed by atoms with Crippen molar-refractivity contribution in [2.24, 2.45) is 5.92 Å². The van der Waals surface area contributed by atoms with Gasteiger partial charge in [0.15, 0.2) is 0 Å². The minimum absolute atomic E-state index is 0. The Bertz CT molecular complexity index is 319. The Morgan fingerprint density at radius 1 is 1.44 bits per heavy atom. The number of ether oxygens (including phenoxy) is 1. The van der Waals surface area contributed by atoms with Gasteiger partial charge in [0.05, 0.1) is 6.61 Å². The molecule has 0 aliphatic carbocycles. The fraction of sp³-hybridized carbons (Fsp3) is 0.600. The molecule has 0 radical (unpaired) electrons. The van der Waals surface area contributed by atoms with Crippen LogP contribution in [0.2, 0.25) is 5.15 Å². The van der Waals surface area contributed by atoms with Crippen LogP contribution in [-0.2, 0) is 0 Å². The number of piperidine rings is 1. The lowest BCUT2D eigenvalue weighted by atomic mass is 9.99. The predicted octanol–water partition coefficient (Wildman–Crippen LogP) is 1.93. The second-order valence-corrected chi connectivity index (χ2v) is 4.05. The van der Waals surface area contributed by atoms with E-state index < -0.39 is 0 Å². The van der Waals surface area contributed by atoms with Gasteiger partial charge in [-0.2, -0.15) is 4.98 Å². The van der Waals surface area contributed by atoms with Gasteiger partial charge in [0.25, 0.3) is 0 Å². The van der Waals surface area contributed by atoms with Crippen LogP contribution in [0.4, 0.5) is 0 Å². The van der Waals surface area contributed by atoms with Crippen molar-refractivity contribution in [2.75, 3.05) is 19.7 Å². The van der Waals surface area contributed by atoms with Crippen molar-refractivity contribution in [3.8, 4) is 6.01 Å². The maximum absolute atomic E-state index is 5.73. The van der Waals surface area contributed by atoms with Crippen LogP contribution >= 0.6 is 24.0 Å². The summed E-state index contributed by atoms with van der Waals surface area (Å²) in [6.45, 7) is 2.83. The van der Waals surface area contributed by atoms with E-state index in [0.29, 0.717) is 23.7 Å². The van der Waals surface area contributed by atoms with Crippen LogP contribution in [0, 0.1) is 5.92 Å². The lowest BCUT2D eigenvalue weighted by molar-refractivity contribution is 0.202. The summed E-state index contributed by atoms with van der Waals surface area (Å²) in [6.07, 6.45) is 3.91. The zero-order chi connectivity index (χ0) is 10.5. The molecule has 4 nitrogen and oxygen atoms in total. The Balaban J connectivity index is 0.00000128. The predicted molar refractivity (Wildman–Crippen MR) is 65.4 cm³/mol. The lowest BCUT2D eigenvalue weighted by Gasteiger charge is -2.21. The van der Waals surface area contributed by atoms with E-state index in [1.54, 1.807) is 12.3 Å². The van der Waals surface area contributed by atoms with Crippen molar-refractivity contribution in [3.05, 3.63) is 17.4 Å². The summed E-state index contributed by atoms with van der Waals surface area (Å²) in [5.41, 5.74) is 0. The summed E-state index contributed by atoms with van der Waals surface area (Å²) in [7, 11) is 0. The number of nitrogens with one attached hydrogen (secondary N) is 1. The molecule has 0 amide bonds. The van der Waals surface area contributed by atoms with Gasteiger partial charge in [0, 0.05) is 6.20 Å². The first kappa shape index (κ1) is 13.5. The third kappa shape index (κ3) is 4.12. The van der Waals surface area contributed by atoms with Crippen LogP contribution in [0.1, 0.15) is 12.8 Å². The van der Waals surface area contributed by atoms with Gasteiger partial charge in [0.2, 0.25) is 0 Å². The summed E-state index contributed by atoms with van der Waals surface area (Å²) in [5.74, 6) is 0.605. The number of hydrogen-bond donors (Lipinski definition) is 1. The molecule has 2 rings (SSSR count). The van der Waals surface area contributed by atoms with E-state index in [0.717, 1.165) is 25.9 Å². The molecule has 0 spiro atoms. The van der Waals surface area contributed by atoms with Gasteiger partial charge in [-0.1, -0.05) is 11.6 Å². The monoisotopic (exact) mass is 263 g/mol. The van der Waals surface area contributed by atoms with E-state index in [1.807, 2.05) is 0 Å². The highest BCUT2D eigenvalue weighted by Crippen LogP contribution is 2.14. The smallest absolute Gasteiger partial charge is 0.317 e. The normalized spacial score (nSPS) is 16.6. The van der Waals surface area contributed by atoms with Gasteiger partial charge in [-0.3, -0.25) is 0 Å². The molecule has 1 aliphatic rings. The number of hydrogen-bond acceptors (Lipinski definition) is 4. The molecule has 1 aromatic rings. The molecular formula is C10H15Cl2N3O. The Hall–Kier alpha value is -0.580. The first-order chi connectivity index (χ1) is 7.34. The van der Waals surface area contributed by atoms with E-state index >= 15 is 0 Å². The first-order valence-corrected chi connectivity index (χ1v) is 5.54. The largest absolute Gasteiger partial charge is 0.463 e. The molecule has 1 N–H and O–H groups in total. The highest BCUT2D eigenvalue weighted by atomic mass is 35.5. The lowest BCUT2D eigenvalue weighted by Crippen LogP contribution is -2.30. The average Bonchev–Trinajstić information content (AvgIpc) is 2.28.